The van der Waals surface area contributed by atoms with Gasteiger partial charge in [0.2, 0.25) is 0 Å². The van der Waals surface area contributed by atoms with Crippen LogP contribution in [0.25, 0.3) is 0 Å². The summed E-state index contributed by atoms with van der Waals surface area (Å²) in [6.07, 6.45) is 6.36. The first kappa shape index (κ1) is 18.1. The largest absolute Gasteiger partial charge is 0.497 e. The Morgan fingerprint density at radius 1 is 1.13 bits per heavy atom. The summed E-state index contributed by atoms with van der Waals surface area (Å²) in [6.45, 7) is 0.321. The van der Waals surface area contributed by atoms with Gasteiger partial charge in [0.05, 0.1) is 27.1 Å². The highest BCUT2D eigenvalue weighted by molar-refractivity contribution is 7.85. The summed E-state index contributed by atoms with van der Waals surface area (Å²) in [7, 11) is -0.0108. The van der Waals surface area contributed by atoms with Gasteiger partial charge in [0.15, 0.2) is 0 Å². The average molecular weight is 342 g/mol. The first-order valence-corrected chi connectivity index (χ1v) is 9.78. The van der Waals surface area contributed by atoms with E-state index in [2.05, 4.69) is 6.07 Å². The average Bonchev–Trinajstić information content (AvgIpc) is 2.98. The third-order valence-electron chi connectivity index (χ3n) is 4.48. The first-order chi connectivity index (χ1) is 10.9. The fraction of sp³-hybridized carbons (Fsp3) is 0.647. The number of aryl methyl sites for hydroxylation is 1. The van der Waals surface area contributed by atoms with Crippen molar-refractivity contribution in [3.05, 3.63) is 23.8 Å². The molecule has 0 spiro atoms. The monoisotopic (exact) mass is 342 g/mol. The summed E-state index contributed by atoms with van der Waals surface area (Å²) in [5, 5.41) is 0. The van der Waals surface area contributed by atoms with Gasteiger partial charge in [-0.15, -0.1) is 0 Å². The number of ether oxygens (including phenoxy) is 2. The fourth-order valence-corrected chi connectivity index (χ4v) is 3.67. The number of hydrogen-bond acceptors (Lipinski definition) is 5. The van der Waals surface area contributed by atoms with Gasteiger partial charge >= 0.3 is 0 Å². The van der Waals surface area contributed by atoms with Crippen molar-refractivity contribution in [2.45, 2.75) is 32.1 Å². The SMILES string of the molecule is COc1ccc(CCC2CCC(COS(C)(=O)=O)C2)c(OC)c1. The molecular weight excluding hydrogens is 316 g/mol. The quantitative estimate of drug-likeness (QED) is 0.680. The van der Waals surface area contributed by atoms with Crippen molar-refractivity contribution in [1.29, 1.82) is 0 Å². The molecule has 0 radical (unpaired) electrons. The molecule has 23 heavy (non-hydrogen) atoms. The van der Waals surface area contributed by atoms with Crippen molar-refractivity contribution in [1.82, 2.24) is 0 Å². The van der Waals surface area contributed by atoms with Crippen LogP contribution in [0.15, 0.2) is 18.2 Å². The Kier molecular flexibility index (Phi) is 6.30. The molecule has 1 fully saturated rings. The van der Waals surface area contributed by atoms with Gasteiger partial charge in [-0.25, -0.2) is 0 Å². The topological polar surface area (TPSA) is 61.8 Å². The maximum Gasteiger partial charge on any atom is 0.264 e. The standard InChI is InChI=1S/C17H26O5S/c1-20-16-9-8-15(17(11-16)21-2)7-6-13-4-5-14(10-13)12-22-23(3,18)19/h8-9,11,13-14H,4-7,10,12H2,1-3H3. The molecule has 1 aromatic rings. The molecule has 1 aliphatic carbocycles. The Labute approximate surface area is 139 Å². The van der Waals surface area contributed by atoms with Crippen LogP contribution in [0.5, 0.6) is 11.5 Å². The number of rotatable bonds is 8. The Balaban J connectivity index is 1.83. The van der Waals surface area contributed by atoms with E-state index in [9.17, 15) is 8.42 Å². The normalized spacial score (nSPS) is 21.3. The Bertz CT molecular complexity index is 611. The van der Waals surface area contributed by atoms with Gasteiger partial charge in [-0.1, -0.05) is 12.5 Å². The van der Waals surface area contributed by atoms with Gasteiger partial charge in [-0.3, -0.25) is 4.18 Å². The molecule has 0 N–H and O–H groups in total. The molecule has 0 saturated heterocycles. The lowest BCUT2D eigenvalue weighted by Gasteiger charge is -2.14. The van der Waals surface area contributed by atoms with Gasteiger partial charge < -0.3 is 9.47 Å². The van der Waals surface area contributed by atoms with Crippen LogP contribution < -0.4 is 9.47 Å². The van der Waals surface area contributed by atoms with Crippen molar-refractivity contribution in [3.8, 4) is 11.5 Å². The zero-order chi connectivity index (χ0) is 16.9. The van der Waals surface area contributed by atoms with Gasteiger partial charge in [0.1, 0.15) is 11.5 Å². The molecule has 6 heteroatoms. The lowest BCUT2D eigenvalue weighted by molar-refractivity contribution is 0.254. The summed E-state index contributed by atoms with van der Waals surface area (Å²) in [4.78, 5) is 0. The Morgan fingerprint density at radius 3 is 2.52 bits per heavy atom. The first-order valence-electron chi connectivity index (χ1n) is 7.96. The third kappa shape index (κ3) is 5.70. The van der Waals surface area contributed by atoms with E-state index >= 15 is 0 Å². The maximum absolute atomic E-state index is 11.1. The number of methoxy groups -OCH3 is 2. The predicted octanol–water partition coefficient (Wildman–Crippen LogP) is 3.03. The van der Waals surface area contributed by atoms with Crippen LogP contribution in [0.2, 0.25) is 0 Å². The number of hydrogen-bond donors (Lipinski definition) is 0. The van der Waals surface area contributed by atoms with E-state index in [1.54, 1.807) is 14.2 Å². The van der Waals surface area contributed by atoms with Gasteiger partial charge in [-0.05, 0) is 49.1 Å². The molecule has 130 valence electrons. The summed E-state index contributed by atoms with van der Waals surface area (Å²) in [5.41, 5.74) is 1.18. The van der Waals surface area contributed by atoms with E-state index in [-0.39, 0.29) is 0 Å². The zero-order valence-corrected chi connectivity index (χ0v) is 14.9. The number of benzene rings is 1. The van der Waals surface area contributed by atoms with E-state index in [0.29, 0.717) is 18.4 Å². The minimum absolute atomic E-state index is 0.321. The minimum Gasteiger partial charge on any atom is -0.497 e. The van der Waals surface area contributed by atoms with Gasteiger partial charge in [0, 0.05) is 6.07 Å². The second kappa shape index (κ2) is 8.02. The molecule has 5 nitrogen and oxygen atoms in total. The van der Waals surface area contributed by atoms with Crippen molar-refractivity contribution in [3.63, 3.8) is 0 Å². The highest BCUT2D eigenvalue weighted by Crippen LogP contribution is 2.35. The molecule has 0 aliphatic heterocycles. The minimum atomic E-state index is -3.33. The smallest absolute Gasteiger partial charge is 0.264 e. The lowest BCUT2D eigenvalue weighted by atomic mass is 9.96. The van der Waals surface area contributed by atoms with Gasteiger partial charge in [-0.2, -0.15) is 8.42 Å². The van der Waals surface area contributed by atoms with Crippen LogP contribution >= 0.6 is 0 Å². The molecule has 2 unspecified atom stereocenters. The second-order valence-electron chi connectivity index (χ2n) is 6.25. The molecular formula is C17H26O5S. The van der Waals surface area contributed by atoms with E-state index in [1.165, 1.54) is 5.56 Å². The summed E-state index contributed by atoms with van der Waals surface area (Å²) >= 11 is 0. The molecule has 2 rings (SSSR count). The summed E-state index contributed by atoms with van der Waals surface area (Å²) in [5.74, 6) is 2.63. The maximum atomic E-state index is 11.1. The molecule has 1 aromatic carbocycles. The van der Waals surface area contributed by atoms with E-state index in [1.807, 2.05) is 12.1 Å². The zero-order valence-electron chi connectivity index (χ0n) is 14.1. The fourth-order valence-electron chi connectivity index (χ4n) is 3.23. The molecule has 0 aromatic heterocycles. The van der Waals surface area contributed by atoms with Crippen LogP contribution in [0.4, 0.5) is 0 Å². The molecule has 0 bridgehead atoms. The lowest BCUT2D eigenvalue weighted by Crippen LogP contribution is -2.11. The Morgan fingerprint density at radius 2 is 1.87 bits per heavy atom. The summed E-state index contributed by atoms with van der Waals surface area (Å²) < 4.78 is 37.7. The van der Waals surface area contributed by atoms with Gasteiger partial charge in [0.25, 0.3) is 10.1 Å². The van der Waals surface area contributed by atoms with E-state index in [0.717, 1.165) is 49.9 Å². The van der Waals surface area contributed by atoms with Crippen LogP contribution in [0.1, 0.15) is 31.2 Å². The molecule has 2 atom stereocenters. The molecule has 1 aliphatic rings. The van der Waals surface area contributed by atoms with E-state index in [4.69, 9.17) is 13.7 Å². The second-order valence-corrected chi connectivity index (χ2v) is 7.89. The van der Waals surface area contributed by atoms with E-state index < -0.39 is 10.1 Å². The summed E-state index contributed by atoms with van der Waals surface area (Å²) in [6, 6.07) is 5.92. The highest BCUT2D eigenvalue weighted by atomic mass is 32.2. The van der Waals surface area contributed by atoms with Crippen molar-refractivity contribution in [2.24, 2.45) is 11.8 Å². The predicted molar refractivity (Wildman–Crippen MR) is 89.5 cm³/mol. The Hall–Kier alpha value is -1.27. The van der Waals surface area contributed by atoms with Crippen molar-refractivity contribution in [2.75, 3.05) is 27.1 Å². The van der Waals surface area contributed by atoms with Crippen molar-refractivity contribution < 1.29 is 22.1 Å². The van der Waals surface area contributed by atoms with Crippen LogP contribution in [0, 0.1) is 11.8 Å². The molecule has 0 amide bonds. The van der Waals surface area contributed by atoms with Crippen LogP contribution in [-0.4, -0.2) is 35.5 Å². The van der Waals surface area contributed by atoms with Crippen LogP contribution in [0.3, 0.4) is 0 Å². The van der Waals surface area contributed by atoms with Crippen molar-refractivity contribution >= 4 is 10.1 Å². The third-order valence-corrected chi connectivity index (χ3v) is 5.05. The van der Waals surface area contributed by atoms with Crippen LogP contribution in [-0.2, 0) is 20.7 Å². The molecule has 1 saturated carbocycles. The molecule has 0 heterocycles. The highest BCUT2D eigenvalue weighted by Gasteiger charge is 2.25.